The van der Waals surface area contributed by atoms with Crippen molar-refractivity contribution in [2.24, 2.45) is 5.92 Å². The number of hydrogen-bond donors (Lipinski definition) is 1. The molecule has 1 aromatic carbocycles. The lowest BCUT2D eigenvalue weighted by molar-refractivity contribution is 0.0942. The maximum atomic E-state index is 12.5. The first-order chi connectivity index (χ1) is 12.7. The number of amides is 1. The number of nitriles is 1. The van der Waals surface area contributed by atoms with Crippen LogP contribution in [-0.2, 0) is 0 Å². The second-order valence-corrected chi connectivity index (χ2v) is 7.18. The van der Waals surface area contributed by atoms with E-state index in [-0.39, 0.29) is 5.91 Å². The van der Waals surface area contributed by atoms with Crippen molar-refractivity contribution in [2.75, 3.05) is 30.8 Å². The van der Waals surface area contributed by atoms with E-state index in [1.165, 1.54) is 0 Å². The SMILES string of the molecule is CSc1ccccc1C(=O)NCC1CCN(c2ncccc2C#N)CC1. The Labute approximate surface area is 158 Å². The lowest BCUT2D eigenvalue weighted by atomic mass is 9.96. The summed E-state index contributed by atoms with van der Waals surface area (Å²) in [4.78, 5) is 20.0. The molecule has 0 radical (unpaired) electrons. The molecule has 26 heavy (non-hydrogen) atoms. The smallest absolute Gasteiger partial charge is 0.252 e. The average Bonchev–Trinajstić information content (AvgIpc) is 2.72. The molecule has 2 aromatic rings. The quantitative estimate of drug-likeness (QED) is 0.822. The number of nitrogens with one attached hydrogen (secondary N) is 1. The summed E-state index contributed by atoms with van der Waals surface area (Å²) in [6.07, 6.45) is 5.67. The molecule has 2 heterocycles. The molecule has 1 saturated heterocycles. The Morgan fingerprint density at radius 2 is 2.08 bits per heavy atom. The van der Waals surface area contributed by atoms with Crippen molar-refractivity contribution in [2.45, 2.75) is 17.7 Å². The predicted octanol–water partition coefficient (Wildman–Crippen LogP) is 3.32. The highest BCUT2D eigenvalue weighted by atomic mass is 32.2. The molecule has 3 rings (SSSR count). The van der Waals surface area contributed by atoms with Crippen LogP contribution >= 0.6 is 11.8 Å². The third-order valence-electron chi connectivity index (χ3n) is 4.72. The van der Waals surface area contributed by atoms with E-state index in [0.717, 1.165) is 42.2 Å². The molecule has 0 bridgehead atoms. The first kappa shape index (κ1) is 18.3. The van der Waals surface area contributed by atoms with Crippen LogP contribution in [0.3, 0.4) is 0 Å². The summed E-state index contributed by atoms with van der Waals surface area (Å²) in [6, 6.07) is 13.5. The minimum atomic E-state index is -0.00567. The number of pyridine rings is 1. The molecule has 0 atom stereocenters. The number of carbonyl (C=O) groups excluding carboxylic acids is 1. The Morgan fingerprint density at radius 3 is 2.81 bits per heavy atom. The number of benzene rings is 1. The van der Waals surface area contributed by atoms with Gasteiger partial charge in [0, 0.05) is 30.7 Å². The highest BCUT2D eigenvalue weighted by Crippen LogP contribution is 2.24. The zero-order chi connectivity index (χ0) is 18.4. The van der Waals surface area contributed by atoms with Crippen molar-refractivity contribution in [3.63, 3.8) is 0 Å². The molecule has 1 fully saturated rings. The van der Waals surface area contributed by atoms with Crippen molar-refractivity contribution in [1.82, 2.24) is 10.3 Å². The van der Waals surface area contributed by atoms with E-state index in [0.29, 0.717) is 18.0 Å². The van der Waals surface area contributed by atoms with Gasteiger partial charge in [-0.15, -0.1) is 11.8 Å². The van der Waals surface area contributed by atoms with E-state index in [4.69, 9.17) is 0 Å². The van der Waals surface area contributed by atoms with E-state index in [1.807, 2.05) is 30.5 Å². The van der Waals surface area contributed by atoms with Crippen molar-refractivity contribution < 1.29 is 4.79 Å². The van der Waals surface area contributed by atoms with Gasteiger partial charge < -0.3 is 10.2 Å². The highest BCUT2D eigenvalue weighted by molar-refractivity contribution is 7.98. The van der Waals surface area contributed by atoms with Crippen LogP contribution in [-0.4, -0.2) is 36.8 Å². The highest BCUT2D eigenvalue weighted by Gasteiger charge is 2.22. The van der Waals surface area contributed by atoms with E-state index in [9.17, 15) is 10.1 Å². The van der Waals surface area contributed by atoms with Gasteiger partial charge in [-0.1, -0.05) is 12.1 Å². The summed E-state index contributed by atoms with van der Waals surface area (Å²) in [5, 5.41) is 12.3. The summed E-state index contributed by atoms with van der Waals surface area (Å²) >= 11 is 1.59. The standard InChI is InChI=1S/C20H22N4OS/c1-26-18-7-3-2-6-17(18)20(25)23-14-15-8-11-24(12-9-15)19-16(13-21)5-4-10-22-19/h2-7,10,15H,8-9,11-12,14H2,1H3,(H,23,25). The Balaban J connectivity index is 1.53. The maximum Gasteiger partial charge on any atom is 0.252 e. The molecule has 1 N–H and O–H groups in total. The molecule has 1 aromatic heterocycles. The Morgan fingerprint density at radius 1 is 1.31 bits per heavy atom. The van der Waals surface area contributed by atoms with Crippen LogP contribution in [0.5, 0.6) is 0 Å². The second-order valence-electron chi connectivity index (χ2n) is 6.33. The molecule has 1 aliphatic rings. The fourth-order valence-electron chi connectivity index (χ4n) is 3.25. The van der Waals surface area contributed by atoms with Crippen molar-refractivity contribution in [1.29, 1.82) is 5.26 Å². The molecular formula is C20H22N4OS. The number of aromatic nitrogens is 1. The van der Waals surface area contributed by atoms with Crippen LogP contribution in [0.2, 0.25) is 0 Å². The lowest BCUT2D eigenvalue weighted by Gasteiger charge is -2.33. The largest absolute Gasteiger partial charge is 0.356 e. The average molecular weight is 366 g/mol. The van der Waals surface area contributed by atoms with E-state index in [1.54, 1.807) is 30.1 Å². The fourth-order valence-corrected chi connectivity index (χ4v) is 3.84. The Hall–Kier alpha value is -2.52. The summed E-state index contributed by atoms with van der Waals surface area (Å²) in [6.45, 7) is 2.39. The second kappa shape index (κ2) is 8.72. The molecule has 0 unspecified atom stereocenters. The molecule has 5 nitrogen and oxygen atoms in total. The molecule has 0 aliphatic carbocycles. The van der Waals surface area contributed by atoms with Crippen molar-refractivity contribution >= 4 is 23.5 Å². The van der Waals surface area contributed by atoms with Gasteiger partial charge in [0.2, 0.25) is 0 Å². The third-order valence-corrected chi connectivity index (χ3v) is 5.52. The summed E-state index contributed by atoms with van der Waals surface area (Å²) in [7, 11) is 0. The normalized spacial score (nSPS) is 14.7. The van der Waals surface area contributed by atoms with E-state index < -0.39 is 0 Å². The fraction of sp³-hybridized carbons (Fsp3) is 0.350. The molecule has 6 heteroatoms. The minimum Gasteiger partial charge on any atom is -0.356 e. The number of rotatable bonds is 5. The van der Waals surface area contributed by atoms with Gasteiger partial charge in [-0.25, -0.2) is 4.98 Å². The monoisotopic (exact) mass is 366 g/mol. The van der Waals surface area contributed by atoms with Crippen molar-refractivity contribution in [3.8, 4) is 6.07 Å². The molecular weight excluding hydrogens is 344 g/mol. The molecule has 0 spiro atoms. The lowest BCUT2D eigenvalue weighted by Crippen LogP contribution is -2.39. The number of hydrogen-bond acceptors (Lipinski definition) is 5. The Bertz CT molecular complexity index is 809. The van der Waals surface area contributed by atoms with Gasteiger partial charge >= 0.3 is 0 Å². The van der Waals surface area contributed by atoms with Crippen LogP contribution in [0, 0.1) is 17.2 Å². The summed E-state index contributed by atoms with van der Waals surface area (Å²) in [5.74, 6) is 1.21. The molecule has 1 amide bonds. The van der Waals surface area contributed by atoms with Crippen LogP contribution in [0.1, 0.15) is 28.8 Å². The van der Waals surface area contributed by atoms with Gasteiger partial charge in [-0.2, -0.15) is 5.26 Å². The first-order valence-corrected chi connectivity index (χ1v) is 9.96. The zero-order valence-electron chi connectivity index (χ0n) is 14.8. The topological polar surface area (TPSA) is 69.0 Å². The predicted molar refractivity (Wildman–Crippen MR) is 104 cm³/mol. The zero-order valence-corrected chi connectivity index (χ0v) is 15.6. The number of thioether (sulfide) groups is 1. The van der Waals surface area contributed by atoms with E-state index in [2.05, 4.69) is 21.3 Å². The van der Waals surface area contributed by atoms with Crippen molar-refractivity contribution in [3.05, 3.63) is 53.7 Å². The molecule has 0 saturated carbocycles. The van der Waals surface area contributed by atoms with Crippen LogP contribution in [0.15, 0.2) is 47.5 Å². The molecule has 134 valence electrons. The van der Waals surface area contributed by atoms with Gasteiger partial charge in [0.05, 0.1) is 11.1 Å². The van der Waals surface area contributed by atoms with Crippen LogP contribution in [0.25, 0.3) is 0 Å². The van der Waals surface area contributed by atoms with Gasteiger partial charge in [0.15, 0.2) is 0 Å². The minimum absolute atomic E-state index is 0.00567. The number of carbonyl (C=O) groups is 1. The first-order valence-electron chi connectivity index (χ1n) is 8.74. The van der Waals surface area contributed by atoms with Crippen LogP contribution in [0.4, 0.5) is 5.82 Å². The molecule has 1 aliphatic heterocycles. The van der Waals surface area contributed by atoms with E-state index >= 15 is 0 Å². The third kappa shape index (κ3) is 4.17. The Kier molecular flexibility index (Phi) is 6.13. The summed E-state index contributed by atoms with van der Waals surface area (Å²) in [5.41, 5.74) is 1.36. The van der Waals surface area contributed by atoms with Gasteiger partial charge in [-0.3, -0.25) is 4.79 Å². The number of nitrogens with zero attached hydrogens (tertiary/aromatic N) is 3. The maximum absolute atomic E-state index is 12.5. The van der Waals surface area contributed by atoms with Gasteiger partial charge in [0.25, 0.3) is 5.91 Å². The number of anilines is 1. The van der Waals surface area contributed by atoms with Crippen LogP contribution < -0.4 is 10.2 Å². The number of piperidine rings is 1. The summed E-state index contributed by atoms with van der Waals surface area (Å²) < 4.78 is 0. The van der Waals surface area contributed by atoms with Gasteiger partial charge in [0.1, 0.15) is 11.9 Å². The van der Waals surface area contributed by atoms with Gasteiger partial charge in [-0.05, 0) is 49.3 Å².